The van der Waals surface area contributed by atoms with Crippen LogP contribution in [0.4, 0.5) is 26.3 Å². The van der Waals surface area contributed by atoms with Crippen molar-refractivity contribution in [2.45, 2.75) is 29.3 Å². The zero-order chi connectivity index (χ0) is 26.4. The minimum atomic E-state index is -5.01. The molecular formula is C20H14Cl2F6N2O4S. The molecule has 35 heavy (non-hydrogen) atoms. The van der Waals surface area contributed by atoms with Crippen molar-refractivity contribution in [2.75, 3.05) is 12.8 Å². The molecule has 6 nitrogen and oxygen atoms in total. The minimum Gasteiger partial charge on any atom is -0.374 e. The largest absolute Gasteiger partial charge is 0.435 e. The van der Waals surface area contributed by atoms with Crippen molar-refractivity contribution in [2.24, 2.45) is 5.16 Å². The maximum absolute atomic E-state index is 14.1. The summed E-state index contributed by atoms with van der Waals surface area (Å²) in [6.07, 6.45) is -9.98. The Morgan fingerprint density at radius 1 is 1.09 bits per heavy atom. The molecule has 1 heterocycles. The van der Waals surface area contributed by atoms with Crippen molar-refractivity contribution < 1.29 is 44.4 Å². The summed E-state index contributed by atoms with van der Waals surface area (Å²) in [5.74, 6) is -1.34. The first-order valence-corrected chi connectivity index (χ1v) is 12.1. The number of nitrogens with zero attached hydrogens (tertiary/aromatic N) is 1. The fraction of sp³-hybridized carbons (Fsp3) is 0.300. The number of carbonyl (C=O) groups is 1. The fourth-order valence-electron chi connectivity index (χ4n) is 3.32. The van der Waals surface area contributed by atoms with Gasteiger partial charge in [0.05, 0.1) is 16.2 Å². The Bertz CT molecular complexity index is 1290. The van der Waals surface area contributed by atoms with Crippen LogP contribution in [0.15, 0.2) is 46.4 Å². The molecule has 0 aromatic heterocycles. The monoisotopic (exact) mass is 562 g/mol. The topological polar surface area (TPSA) is 84.8 Å². The van der Waals surface area contributed by atoms with E-state index in [2.05, 4.69) is 5.16 Å². The number of amides is 1. The summed E-state index contributed by atoms with van der Waals surface area (Å²) in [7, 11) is -4.20. The first kappa shape index (κ1) is 27.1. The van der Waals surface area contributed by atoms with Crippen LogP contribution >= 0.6 is 23.2 Å². The van der Waals surface area contributed by atoms with Crippen LogP contribution in [0, 0.1) is 0 Å². The third-order valence-corrected chi connectivity index (χ3v) is 6.50. The molecule has 1 N–H and O–H groups in total. The van der Waals surface area contributed by atoms with Gasteiger partial charge in [-0.15, -0.1) is 0 Å². The van der Waals surface area contributed by atoms with Crippen molar-refractivity contribution in [3.05, 3.63) is 63.1 Å². The van der Waals surface area contributed by atoms with Gasteiger partial charge in [0.25, 0.3) is 11.5 Å². The van der Waals surface area contributed by atoms with Gasteiger partial charge < -0.3 is 10.2 Å². The van der Waals surface area contributed by atoms with Crippen LogP contribution in [0.3, 0.4) is 0 Å². The molecule has 1 aliphatic heterocycles. The van der Waals surface area contributed by atoms with Gasteiger partial charge in [0.2, 0.25) is 0 Å². The summed E-state index contributed by atoms with van der Waals surface area (Å²) in [6.45, 7) is -1.71. The van der Waals surface area contributed by atoms with E-state index >= 15 is 0 Å². The van der Waals surface area contributed by atoms with E-state index in [4.69, 9.17) is 28.0 Å². The number of sulfone groups is 1. The lowest BCUT2D eigenvalue weighted by atomic mass is 9.86. The molecule has 0 radical (unpaired) electrons. The van der Waals surface area contributed by atoms with Crippen LogP contribution in [-0.2, 0) is 20.3 Å². The first-order chi connectivity index (χ1) is 15.9. The second-order valence-electron chi connectivity index (χ2n) is 7.57. The molecule has 15 heteroatoms. The molecule has 2 aromatic carbocycles. The van der Waals surface area contributed by atoms with Crippen LogP contribution < -0.4 is 5.32 Å². The van der Waals surface area contributed by atoms with Crippen molar-refractivity contribution in [1.29, 1.82) is 0 Å². The van der Waals surface area contributed by atoms with Gasteiger partial charge in [-0.05, 0) is 30.3 Å². The quantitative estimate of drug-likeness (QED) is 0.503. The molecule has 2 aromatic rings. The molecule has 0 saturated carbocycles. The molecule has 0 bridgehead atoms. The van der Waals surface area contributed by atoms with E-state index in [1.807, 2.05) is 0 Å². The molecule has 0 fully saturated rings. The fourth-order valence-corrected chi connectivity index (χ4v) is 4.74. The molecule has 1 unspecified atom stereocenters. The van der Waals surface area contributed by atoms with Gasteiger partial charge in [-0.1, -0.05) is 34.4 Å². The van der Waals surface area contributed by atoms with Crippen LogP contribution in [0.2, 0.25) is 10.0 Å². The third-order valence-electron chi connectivity index (χ3n) is 4.92. The van der Waals surface area contributed by atoms with Crippen molar-refractivity contribution in [1.82, 2.24) is 5.32 Å². The van der Waals surface area contributed by atoms with E-state index in [1.165, 1.54) is 6.07 Å². The zero-order valence-corrected chi connectivity index (χ0v) is 19.7. The van der Waals surface area contributed by atoms with E-state index in [0.29, 0.717) is 6.26 Å². The van der Waals surface area contributed by atoms with Gasteiger partial charge in [0.15, 0.2) is 9.84 Å². The molecule has 0 spiro atoms. The van der Waals surface area contributed by atoms with E-state index in [0.717, 1.165) is 30.3 Å². The standard InChI is InChI=1S/C20H14Cl2F6N2O4S/c1-35(32,33)16-4-10(2-3-14(16)17(31)29-9-19(23,24)25)15-8-18(34-30-15,20(26,27)28)11-5-12(21)7-13(22)6-11/h2-7H,8-9H2,1H3,(H,29,31). The van der Waals surface area contributed by atoms with Crippen molar-refractivity contribution in [3.63, 3.8) is 0 Å². The van der Waals surface area contributed by atoms with Crippen LogP contribution in [0.5, 0.6) is 0 Å². The SMILES string of the molecule is CS(=O)(=O)c1cc(C2=NOC(c3cc(Cl)cc(Cl)c3)(C(F)(F)F)C2)ccc1C(=O)NCC(F)(F)F. The molecule has 0 aliphatic carbocycles. The zero-order valence-electron chi connectivity index (χ0n) is 17.4. The number of halogens is 8. The number of oxime groups is 1. The summed E-state index contributed by atoms with van der Waals surface area (Å²) in [5, 5.41) is 4.85. The average molecular weight is 563 g/mol. The Morgan fingerprint density at radius 3 is 2.20 bits per heavy atom. The van der Waals surface area contributed by atoms with Crippen LogP contribution in [0.25, 0.3) is 0 Å². The van der Waals surface area contributed by atoms with E-state index in [-0.39, 0.29) is 21.3 Å². The predicted octanol–water partition coefficient (Wildman–Crippen LogP) is 5.27. The van der Waals surface area contributed by atoms with Crippen molar-refractivity contribution >= 4 is 44.7 Å². The predicted molar refractivity (Wildman–Crippen MR) is 114 cm³/mol. The molecule has 190 valence electrons. The number of hydrogen-bond acceptors (Lipinski definition) is 5. The highest BCUT2D eigenvalue weighted by Crippen LogP contribution is 2.49. The second kappa shape index (κ2) is 9.17. The molecule has 3 rings (SSSR count). The Kier molecular flexibility index (Phi) is 7.10. The number of carbonyl (C=O) groups excluding carboxylic acids is 1. The normalized spacial score (nSPS) is 18.7. The number of nitrogens with one attached hydrogen (secondary N) is 1. The van der Waals surface area contributed by atoms with Gasteiger partial charge in [-0.3, -0.25) is 4.79 Å². The van der Waals surface area contributed by atoms with Gasteiger partial charge >= 0.3 is 12.4 Å². The Labute approximate surface area is 204 Å². The number of benzene rings is 2. The van der Waals surface area contributed by atoms with E-state index in [9.17, 15) is 39.6 Å². The number of rotatable bonds is 5. The van der Waals surface area contributed by atoms with Crippen molar-refractivity contribution in [3.8, 4) is 0 Å². The highest BCUT2D eigenvalue weighted by molar-refractivity contribution is 7.90. The molecule has 0 saturated heterocycles. The van der Waals surface area contributed by atoms with Gasteiger partial charge in [0.1, 0.15) is 6.54 Å². The second-order valence-corrected chi connectivity index (χ2v) is 10.4. The van der Waals surface area contributed by atoms with Crippen LogP contribution in [-0.4, -0.2) is 45.2 Å². The minimum absolute atomic E-state index is 0.0956. The van der Waals surface area contributed by atoms with Gasteiger partial charge in [0, 0.05) is 33.8 Å². The highest BCUT2D eigenvalue weighted by atomic mass is 35.5. The van der Waals surface area contributed by atoms with E-state index in [1.54, 1.807) is 5.32 Å². The summed E-state index contributed by atoms with van der Waals surface area (Å²) < 4.78 is 104. The summed E-state index contributed by atoms with van der Waals surface area (Å²) in [4.78, 5) is 16.3. The third kappa shape index (κ3) is 5.84. The summed E-state index contributed by atoms with van der Waals surface area (Å²) in [6, 6.07) is 5.98. The molecule has 1 aliphatic rings. The summed E-state index contributed by atoms with van der Waals surface area (Å²) >= 11 is 11.7. The first-order valence-electron chi connectivity index (χ1n) is 9.41. The maximum atomic E-state index is 14.1. The summed E-state index contributed by atoms with van der Waals surface area (Å²) in [5.41, 5.74) is -4.55. The van der Waals surface area contributed by atoms with Crippen LogP contribution in [0.1, 0.15) is 27.9 Å². The van der Waals surface area contributed by atoms with Gasteiger partial charge in [-0.25, -0.2) is 8.42 Å². The average Bonchev–Trinajstić information content (AvgIpc) is 3.17. The van der Waals surface area contributed by atoms with Gasteiger partial charge in [-0.2, -0.15) is 26.3 Å². The number of alkyl halides is 6. The molecular weight excluding hydrogens is 549 g/mol. The van der Waals surface area contributed by atoms with E-state index < -0.39 is 62.7 Å². The highest BCUT2D eigenvalue weighted by Gasteiger charge is 2.62. The molecule has 1 atom stereocenters. The smallest absolute Gasteiger partial charge is 0.374 e. The Hall–Kier alpha value is -2.51. The number of hydrogen-bond donors (Lipinski definition) is 1. The Morgan fingerprint density at radius 2 is 1.69 bits per heavy atom. The Balaban J connectivity index is 2.02. The lowest BCUT2D eigenvalue weighted by molar-refractivity contribution is -0.275. The molecule has 1 amide bonds. The lowest BCUT2D eigenvalue weighted by Crippen LogP contribution is -2.42. The maximum Gasteiger partial charge on any atom is 0.435 e. The lowest BCUT2D eigenvalue weighted by Gasteiger charge is -2.29.